The Labute approximate surface area is 188 Å². The summed E-state index contributed by atoms with van der Waals surface area (Å²) in [7, 11) is 1.42. The van der Waals surface area contributed by atoms with Crippen molar-refractivity contribution in [2.45, 2.75) is 25.7 Å². The molecule has 3 N–H and O–H groups in total. The van der Waals surface area contributed by atoms with Crippen molar-refractivity contribution >= 4 is 34.1 Å². The number of aryl methyl sites for hydroxylation is 1. The summed E-state index contributed by atoms with van der Waals surface area (Å²) < 4.78 is 11.9. The van der Waals surface area contributed by atoms with Gasteiger partial charge in [0.15, 0.2) is 12.4 Å². The zero-order valence-corrected chi connectivity index (χ0v) is 18.2. The van der Waals surface area contributed by atoms with Gasteiger partial charge in [-0.2, -0.15) is 5.10 Å². The zero-order chi connectivity index (χ0) is 22.7. The maximum atomic E-state index is 12.5. The van der Waals surface area contributed by atoms with E-state index in [4.69, 9.17) is 15.2 Å². The van der Waals surface area contributed by atoms with E-state index in [1.54, 1.807) is 6.20 Å². The van der Waals surface area contributed by atoms with E-state index in [-0.39, 0.29) is 11.4 Å². The minimum Gasteiger partial charge on any atom is -0.493 e. The molecule has 0 bridgehead atoms. The third-order valence-electron chi connectivity index (χ3n) is 5.12. The zero-order valence-electron chi connectivity index (χ0n) is 17.4. The van der Waals surface area contributed by atoms with Crippen molar-refractivity contribution in [3.05, 3.63) is 58.2 Å². The quantitative estimate of drug-likeness (QED) is 0.529. The summed E-state index contributed by atoms with van der Waals surface area (Å²) in [6.45, 7) is -0.541. The summed E-state index contributed by atoms with van der Waals surface area (Å²) in [4.78, 5) is 38.0. The monoisotopic (exact) mass is 454 g/mol. The van der Waals surface area contributed by atoms with Gasteiger partial charge in [-0.05, 0) is 43.4 Å². The summed E-state index contributed by atoms with van der Waals surface area (Å²) in [5.41, 5.74) is 7.51. The molecule has 2 heterocycles. The Hall–Kier alpha value is -3.66. The molecule has 9 nitrogen and oxygen atoms in total. The van der Waals surface area contributed by atoms with Crippen LogP contribution < -0.4 is 15.8 Å². The minimum atomic E-state index is -0.799. The van der Waals surface area contributed by atoms with Crippen molar-refractivity contribution < 1.29 is 23.9 Å². The van der Waals surface area contributed by atoms with Crippen molar-refractivity contribution in [3.63, 3.8) is 0 Å². The Balaban J connectivity index is 1.44. The minimum absolute atomic E-state index is 0.0476. The Morgan fingerprint density at radius 2 is 1.94 bits per heavy atom. The molecule has 0 unspecified atom stereocenters. The molecule has 1 aromatic carbocycles. The molecule has 2 aromatic heterocycles. The first-order chi connectivity index (χ1) is 15.5. The average Bonchev–Trinajstić information content (AvgIpc) is 3.39. The fourth-order valence-corrected chi connectivity index (χ4v) is 4.95. The summed E-state index contributed by atoms with van der Waals surface area (Å²) in [5.74, 6) is -1.72. The number of nitrogens with zero attached hydrogens (tertiary/aromatic N) is 2. The summed E-state index contributed by atoms with van der Waals surface area (Å²) >= 11 is 1.35. The van der Waals surface area contributed by atoms with Crippen molar-refractivity contribution in [1.29, 1.82) is 0 Å². The van der Waals surface area contributed by atoms with Crippen LogP contribution in [0.5, 0.6) is 5.75 Å². The van der Waals surface area contributed by atoms with Gasteiger partial charge >= 0.3 is 5.97 Å². The molecule has 0 fully saturated rings. The second kappa shape index (κ2) is 9.23. The highest BCUT2D eigenvalue weighted by molar-refractivity contribution is 7.17. The predicted octanol–water partition coefficient (Wildman–Crippen LogP) is 2.72. The van der Waals surface area contributed by atoms with E-state index in [9.17, 15) is 14.4 Å². The van der Waals surface area contributed by atoms with Crippen LogP contribution in [0.25, 0.3) is 5.69 Å². The number of para-hydroxylation sites is 1. The number of amides is 2. The van der Waals surface area contributed by atoms with Crippen molar-refractivity contribution in [1.82, 2.24) is 9.78 Å². The first-order valence-corrected chi connectivity index (χ1v) is 10.9. The number of hydrogen-bond acceptors (Lipinski definition) is 7. The molecule has 0 saturated heterocycles. The lowest BCUT2D eigenvalue weighted by molar-refractivity contribution is -0.119. The van der Waals surface area contributed by atoms with Gasteiger partial charge in [0.1, 0.15) is 5.00 Å². The van der Waals surface area contributed by atoms with E-state index in [0.29, 0.717) is 10.6 Å². The standard InChI is InChI=1S/C22H22N4O5S/c1-30-15-11-26(13-7-3-2-4-8-13)25-19(15)22(29)31-12-17(27)24-21-18(20(23)28)14-9-5-6-10-16(14)32-21/h2-4,7-8,11H,5-6,9-10,12H2,1H3,(H2,23,28)(H,24,27). The van der Waals surface area contributed by atoms with E-state index in [2.05, 4.69) is 10.4 Å². The fourth-order valence-electron chi connectivity index (χ4n) is 3.64. The Kier molecular flexibility index (Phi) is 6.22. The molecule has 3 aromatic rings. The van der Waals surface area contributed by atoms with Crippen LogP contribution in [0.4, 0.5) is 5.00 Å². The number of hydrogen-bond donors (Lipinski definition) is 2. The molecule has 4 rings (SSSR count). The Bertz CT molecular complexity index is 1170. The van der Waals surface area contributed by atoms with Gasteiger partial charge in [-0.3, -0.25) is 9.59 Å². The van der Waals surface area contributed by atoms with E-state index in [1.807, 2.05) is 30.3 Å². The van der Waals surface area contributed by atoms with Gasteiger partial charge in [0.2, 0.25) is 5.69 Å². The SMILES string of the molecule is COc1cn(-c2ccccc2)nc1C(=O)OCC(=O)Nc1sc2c(c1C(N)=O)CCCC2. The number of carbonyl (C=O) groups is 3. The number of aromatic nitrogens is 2. The lowest BCUT2D eigenvalue weighted by atomic mass is 9.95. The summed E-state index contributed by atoms with van der Waals surface area (Å²) in [5, 5.41) is 7.28. The molecule has 32 heavy (non-hydrogen) atoms. The van der Waals surface area contributed by atoms with Gasteiger partial charge in [0.25, 0.3) is 11.8 Å². The number of ether oxygens (including phenoxy) is 2. The van der Waals surface area contributed by atoms with E-state index >= 15 is 0 Å². The number of thiophene rings is 1. The number of primary amides is 1. The number of methoxy groups -OCH3 is 1. The number of esters is 1. The number of nitrogens with two attached hydrogens (primary N) is 1. The second-order valence-electron chi connectivity index (χ2n) is 7.23. The fraction of sp³-hybridized carbons (Fsp3) is 0.273. The van der Waals surface area contributed by atoms with E-state index < -0.39 is 24.4 Å². The van der Waals surface area contributed by atoms with Crippen molar-refractivity contribution in [3.8, 4) is 11.4 Å². The molecule has 0 spiro atoms. The van der Waals surface area contributed by atoms with Crippen LogP contribution >= 0.6 is 11.3 Å². The molecule has 0 radical (unpaired) electrons. The molecule has 0 aliphatic heterocycles. The van der Waals surface area contributed by atoms with Crippen molar-refractivity contribution in [2.75, 3.05) is 19.0 Å². The van der Waals surface area contributed by atoms with Gasteiger partial charge in [-0.1, -0.05) is 18.2 Å². The van der Waals surface area contributed by atoms with Gasteiger partial charge < -0.3 is 20.5 Å². The van der Waals surface area contributed by atoms with Crippen LogP contribution in [-0.2, 0) is 22.4 Å². The van der Waals surface area contributed by atoms with E-state index in [0.717, 1.165) is 41.8 Å². The van der Waals surface area contributed by atoms with Crippen LogP contribution in [0.1, 0.15) is 44.1 Å². The lowest BCUT2D eigenvalue weighted by Gasteiger charge is -2.11. The smallest absolute Gasteiger partial charge is 0.363 e. The first-order valence-electron chi connectivity index (χ1n) is 10.1. The van der Waals surface area contributed by atoms with Crippen LogP contribution in [0, 0.1) is 0 Å². The Morgan fingerprint density at radius 3 is 2.66 bits per heavy atom. The molecule has 1 aliphatic rings. The molecule has 0 atom stereocenters. The lowest BCUT2D eigenvalue weighted by Crippen LogP contribution is -2.23. The highest BCUT2D eigenvalue weighted by atomic mass is 32.1. The average molecular weight is 455 g/mol. The predicted molar refractivity (Wildman–Crippen MR) is 119 cm³/mol. The molecular weight excluding hydrogens is 432 g/mol. The normalized spacial score (nSPS) is 12.7. The highest BCUT2D eigenvalue weighted by Gasteiger charge is 2.26. The molecule has 0 saturated carbocycles. The number of rotatable bonds is 7. The number of benzene rings is 1. The van der Waals surface area contributed by atoms with Gasteiger partial charge in [-0.15, -0.1) is 11.3 Å². The molecule has 166 valence electrons. The van der Waals surface area contributed by atoms with E-state index in [1.165, 1.54) is 23.1 Å². The largest absolute Gasteiger partial charge is 0.493 e. The van der Waals surface area contributed by atoms with Crippen LogP contribution in [0.15, 0.2) is 36.5 Å². The molecule has 10 heteroatoms. The van der Waals surface area contributed by atoms with Crippen LogP contribution in [0.3, 0.4) is 0 Å². The number of carbonyl (C=O) groups excluding carboxylic acids is 3. The Morgan fingerprint density at radius 1 is 1.19 bits per heavy atom. The molecule has 1 aliphatic carbocycles. The topological polar surface area (TPSA) is 126 Å². The third-order valence-corrected chi connectivity index (χ3v) is 6.33. The first kappa shape index (κ1) is 21.6. The maximum absolute atomic E-state index is 12.5. The third kappa shape index (κ3) is 4.35. The number of fused-ring (bicyclic) bond motifs is 1. The van der Waals surface area contributed by atoms with Gasteiger partial charge in [-0.25, -0.2) is 9.48 Å². The van der Waals surface area contributed by atoms with Crippen molar-refractivity contribution in [2.24, 2.45) is 5.73 Å². The maximum Gasteiger partial charge on any atom is 0.363 e. The highest BCUT2D eigenvalue weighted by Crippen LogP contribution is 2.37. The summed E-state index contributed by atoms with van der Waals surface area (Å²) in [6, 6.07) is 9.20. The molecule has 2 amide bonds. The van der Waals surface area contributed by atoms with Gasteiger partial charge in [0.05, 0.1) is 24.6 Å². The van der Waals surface area contributed by atoms with Crippen LogP contribution in [-0.4, -0.2) is 41.3 Å². The van der Waals surface area contributed by atoms with Crippen LogP contribution in [0.2, 0.25) is 0 Å². The number of nitrogens with one attached hydrogen (secondary N) is 1. The molecular formula is C22H22N4O5S. The second-order valence-corrected chi connectivity index (χ2v) is 8.33. The number of anilines is 1. The summed E-state index contributed by atoms with van der Waals surface area (Å²) in [6.07, 6.45) is 5.19. The van der Waals surface area contributed by atoms with Gasteiger partial charge in [0, 0.05) is 4.88 Å².